The summed E-state index contributed by atoms with van der Waals surface area (Å²) in [4.78, 5) is 21.3. The first-order valence-electron chi connectivity index (χ1n) is 15.1. The molecule has 2 aromatic heterocycles. The van der Waals surface area contributed by atoms with Gasteiger partial charge >= 0.3 is 0 Å². The van der Waals surface area contributed by atoms with Crippen molar-refractivity contribution in [1.82, 2.24) is 9.97 Å². The molecule has 6 heteroatoms. The van der Waals surface area contributed by atoms with Crippen molar-refractivity contribution in [3.05, 3.63) is 77.8 Å². The third kappa shape index (κ3) is 8.46. The molecule has 0 amide bonds. The van der Waals surface area contributed by atoms with Gasteiger partial charge < -0.3 is 10.1 Å². The predicted molar refractivity (Wildman–Crippen MR) is 178 cm³/mol. The summed E-state index contributed by atoms with van der Waals surface area (Å²) in [6.45, 7) is 19.4. The van der Waals surface area contributed by atoms with Gasteiger partial charge in [0.25, 0.3) is 0 Å². The van der Waals surface area contributed by atoms with Crippen LogP contribution in [0.15, 0.2) is 60.6 Å². The van der Waals surface area contributed by atoms with Crippen LogP contribution in [0.25, 0.3) is 32.9 Å². The molecule has 4 rings (SSSR count). The molecular formula is C36H47IrN2O2Si-. The van der Waals surface area contributed by atoms with Crippen LogP contribution in [-0.4, -0.2) is 28.9 Å². The van der Waals surface area contributed by atoms with Crippen molar-refractivity contribution in [2.75, 3.05) is 0 Å². The number of aliphatic hydroxyl groups is 1. The Kier molecular flexibility index (Phi) is 13.3. The van der Waals surface area contributed by atoms with Crippen molar-refractivity contribution in [3.63, 3.8) is 0 Å². The number of benzene rings is 2. The molecule has 0 aliphatic carbocycles. The third-order valence-electron chi connectivity index (χ3n) is 7.93. The van der Waals surface area contributed by atoms with Gasteiger partial charge in [0.15, 0.2) is 5.78 Å². The normalized spacial score (nSPS) is 11.9. The number of para-hydroxylation sites is 1. The van der Waals surface area contributed by atoms with E-state index in [1.165, 1.54) is 27.6 Å². The second-order valence-electron chi connectivity index (χ2n) is 12.1. The van der Waals surface area contributed by atoms with Gasteiger partial charge in [0.05, 0.1) is 19.3 Å². The molecule has 0 saturated carbocycles. The topological polar surface area (TPSA) is 63.1 Å². The minimum Gasteiger partial charge on any atom is -0.512 e. The number of aromatic nitrogens is 2. The number of nitrogens with zero attached hydrogens (tertiary/aromatic N) is 2. The van der Waals surface area contributed by atoms with Crippen LogP contribution in [0, 0.1) is 31.7 Å². The number of allylic oxidation sites excluding steroid dienone is 2. The molecule has 0 aliphatic heterocycles. The van der Waals surface area contributed by atoms with Gasteiger partial charge in [-0.05, 0) is 53.4 Å². The van der Waals surface area contributed by atoms with Crippen molar-refractivity contribution in [1.29, 1.82) is 0 Å². The Bertz CT molecular complexity index is 1510. The fraction of sp³-hybridized carbons (Fsp3) is 0.417. The number of carbonyl (C=O) groups is 1. The second kappa shape index (κ2) is 15.7. The van der Waals surface area contributed by atoms with Gasteiger partial charge in [-0.15, -0.1) is 34.9 Å². The summed E-state index contributed by atoms with van der Waals surface area (Å²) in [5.74, 6) is 0.547. The van der Waals surface area contributed by atoms with Crippen LogP contribution >= 0.6 is 0 Å². The fourth-order valence-corrected chi connectivity index (χ4v) is 7.00. The minimum atomic E-state index is -1.46. The van der Waals surface area contributed by atoms with E-state index in [9.17, 15) is 9.90 Å². The maximum absolute atomic E-state index is 11.7. The molecule has 0 spiro atoms. The number of fused-ring (bicyclic) bond motifs is 3. The van der Waals surface area contributed by atoms with Gasteiger partial charge in [-0.1, -0.05) is 79.4 Å². The van der Waals surface area contributed by atoms with E-state index in [1.54, 1.807) is 0 Å². The number of pyridine rings is 2. The Hall–Kier alpha value is -2.66. The van der Waals surface area contributed by atoms with E-state index in [2.05, 4.69) is 80.9 Å². The largest absolute Gasteiger partial charge is 0.512 e. The van der Waals surface area contributed by atoms with E-state index in [0.717, 1.165) is 53.4 Å². The molecule has 0 fully saturated rings. The predicted octanol–water partition coefficient (Wildman–Crippen LogP) is 9.28. The molecule has 1 N–H and O–H groups in total. The van der Waals surface area contributed by atoms with Crippen molar-refractivity contribution in [2.45, 2.75) is 86.9 Å². The molecule has 4 aromatic rings. The number of aliphatic hydroxyl groups excluding tert-OH is 1. The fourth-order valence-electron chi connectivity index (χ4n) is 5.49. The zero-order valence-electron chi connectivity index (χ0n) is 26.8. The van der Waals surface area contributed by atoms with E-state index in [4.69, 9.17) is 4.98 Å². The molecule has 42 heavy (non-hydrogen) atoms. The van der Waals surface area contributed by atoms with Gasteiger partial charge in [0.2, 0.25) is 0 Å². The minimum absolute atomic E-state index is 0. The number of hydrogen-bond acceptors (Lipinski definition) is 4. The zero-order chi connectivity index (χ0) is 30.3. The quantitative estimate of drug-likeness (QED) is 0.0608. The monoisotopic (exact) mass is 760 g/mol. The maximum atomic E-state index is 11.7. The second-order valence-corrected chi connectivity index (χ2v) is 17.1. The number of aryl methyl sites for hydroxylation is 2. The van der Waals surface area contributed by atoms with E-state index in [0.29, 0.717) is 0 Å². The summed E-state index contributed by atoms with van der Waals surface area (Å²) in [6, 6.07) is 16.5. The molecule has 0 bridgehead atoms. The summed E-state index contributed by atoms with van der Waals surface area (Å²) >= 11 is 0. The third-order valence-corrected chi connectivity index (χ3v) is 9.95. The van der Waals surface area contributed by atoms with Crippen LogP contribution < -0.4 is 5.19 Å². The number of carbonyl (C=O) groups excluding carboxylic acids is 1. The van der Waals surface area contributed by atoms with Crippen molar-refractivity contribution >= 4 is 40.7 Å². The van der Waals surface area contributed by atoms with Crippen LogP contribution in [-0.2, 0) is 24.9 Å². The number of ketones is 1. The molecule has 0 atom stereocenters. The van der Waals surface area contributed by atoms with Crippen LogP contribution in [0.4, 0.5) is 0 Å². The summed E-state index contributed by atoms with van der Waals surface area (Å²) in [5.41, 5.74) is 5.50. The number of hydrogen-bond donors (Lipinski definition) is 1. The first kappa shape index (κ1) is 35.5. The van der Waals surface area contributed by atoms with Crippen LogP contribution in [0.3, 0.4) is 0 Å². The Balaban J connectivity index is 0.000000334. The van der Waals surface area contributed by atoms with E-state index in [-0.39, 0.29) is 43.5 Å². The average Bonchev–Trinajstić information content (AvgIpc) is 2.93. The maximum Gasteiger partial charge on any atom is 0.162 e. The van der Waals surface area contributed by atoms with E-state index in [1.807, 2.05) is 40.1 Å². The Labute approximate surface area is 267 Å². The summed E-state index contributed by atoms with van der Waals surface area (Å²) < 4.78 is 0. The summed E-state index contributed by atoms with van der Waals surface area (Å²) in [5, 5.41) is 14.7. The van der Waals surface area contributed by atoms with Crippen molar-refractivity contribution in [2.24, 2.45) is 11.8 Å². The Morgan fingerprint density at radius 2 is 1.55 bits per heavy atom. The standard InChI is InChI=1S/C23H23N2Si.C13H24O2.Ir/c1-15-11-16(2)13-17(12-15)22-20-14-25-23-19(18(20)9-10-24-22)7-6-8-21(23)26(3,4)5;1-5-10(6-2)12(14)9-13(15)11(7-3)8-4;/h6-12,14H,1-5H3;9-11,14H,5-8H2,1-4H3;/q-1;;/b;12-9-;. The first-order valence-corrected chi connectivity index (χ1v) is 18.6. The molecule has 0 aliphatic rings. The molecule has 2 aromatic carbocycles. The van der Waals surface area contributed by atoms with Gasteiger partial charge in [0.1, 0.15) is 0 Å². The van der Waals surface area contributed by atoms with E-state index >= 15 is 0 Å². The Morgan fingerprint density at radius 1 is 0.905 bits per heavy atom. The molecule has 0 saturated heterocycles. The first-order chi connectivity index (χ1) is 19.4. The van der Waals surface area contributed by atoms with Crippen LogP contribution in [0.2, 0.25) is 19.6 Å². The van der Waals surface area contributed by atoms with Crippen molar-refractivity contribution < 1.29 is 30.0 Å². The van der Waals surface area contributed by atoms with Gasteiger partial charge in [0, 0.05) is 55.8 Å². The smallest absolute Gasteiger partial charge is 0.162 e. The number of rotatable bonds is 9. The SMILES string of the molecule is CCC(CC)C(=O)/C=C(\O)C(CC)CC.Cc1[c-]c(-c2nccc3c2cnc2c([Si](C)(C)C)cccc23)cc(C)c1.[Ir]. The molecular weight excluding hydrogens is 713 g/mol. The van der Waals surface area contributed by atoms with Crippen molar-refractivity contribution in [3.8, 4) is 11.3 Å². The molecule has 1 radical (unpaired) electrons. The van der Waals surface area contributed by atoms with Crippen LogP contribution in [0.5, 0.6) is 0 Å². The van der Waals surface area contributed by atoms with Gasteiger partial charge in [-0.25, -0.2) is 0 Å². The Morgan fingerprint density at radius 3 is 2.12 bits per heavy atom. The van der Waals surface area contributed by atoms with Gasteiger partial charge in [-0.2, -0.15) is 0 Å². The average molecular weight is 760 g/mol. The summed E-state index contributed by atoms with van der Waals surface area (Å²) in [7, 11) is -1.46. The molecule has 227 valence electrons. The van der Waals surface area contributed by atoms with Gasteiger partial charge in [-0.3, -0.25) is 9.78 Å². The zero-order valence-corrected chi connectivity index (χ0v) is 30.2. The van der Waals surface area contributed by atoms with E-state index < -0.39 is 8.07 Å². The van der Waals surface area contributed by atoms with Crippen LogP contribution in [0.1, 0.15) is 64.5 Å². The molecule has 2 heterocycles. The molecule has 0 unspecified atom stereocenters. The summed E-state index contributed by atoms with van der Waals surface area (Å²) in [6.07, 6.45) is 8.81. The molecule has 4 nitrogen and oxygen atoms in total.